The van der Waals surface area contributed by atoms with Gasteiger partial charge in [-0.05, 0) is 42.8 Å². The van der Waals surface area contributed by atoms with Gasteiger partial charge in [0.2, 0.25) is 5.71 Å². The van der Waals surface area contributed by atoms with E-state index in [1.807, 2.05) is 0 Å². The molecule has 1 atom stereocenters. The average Bonchev–Trinajstić information content (AvgIpc) is 2.64. The van der Waals surface area contributed by atoms with Crippen LogP contribution in [0.4, 0.5) is 10.1 Å². The fourth-order valence-electron chi connectivity index (χ4n) is 2.47. The molecule has 0 fully saturated rings. The minimum Gasteiger partial charge on any atom is -0.495 e. The molecular formula is C20H23FN3O3+. The standard InChI is InChI=1S/C20H22FN3O3/c1-12(25)11-24-20(26)15-8-10-17(23)18(19(15)27-2)16(22)9-5-13-3-6-14(21)7-4-13/h3-10,12,22,25H,11,23H2,1-2H3,(H,24,26)/p+1/b9-5+,22-16?/t12-/m1/s1. The number of nitrogen functional groups attached to an aromatic ring is 1. The highest BCUT2D eigenvalue weighted by molar-refractivity contribution is 6.14. The number of allylic oxidation sites excluding steroid dienone is 1. The topological polar surface area (TPSA) is 110 Å². The number of amides is 1. The molecule has 0 aliphatic carbocycles. The Bertz CT molecular complexity index is 862. The van der Waals surface area contributed by atoms with E-state index < -0.39 is 12.0 Å². The van der Waals surface area contributed by atoms with Crippen molar-refractivity contribution in [2.24, 2.45) is 0 Å². The molecule has 7 heteroatoms. The molecule has 6 nitrogen and oxygen atoms in total. The summed E-state index contributed by atoms with van der Waals surface area (Å²) in [6.45, 7) is 1.67. The lowest BCUT2D eigenvalue weighted by Crippen LogP contribution is -2.40. The lowest BCUT2D eigenvalue weighted by molar-refractivity contribution is -0.111. The molecule has 2 aromatic rings. The van der Waals surface area contributed by atoms with E-state index in [-0.39, 0.29) is 23.7 Å². The van der Waals surface area contributed by atoms with Crippen molar-refractivity contribution in [1.82, 2.24) is 5.32 Å². The van der Waals surface area contributed by atoms with Crippen LogP contribution in [-0.2, 0) is 0 Å². The number of benzene rings is 2. The second-order valence-electron chi connectivity index (χ2n) is 6.01. The van der Waals surface area contributed by atoms with Crippen molar-refractivity contribution in [3.63, 3.8) is 0 Å². The van der Waals surface area contributed by atoms with Gasteiger partial charge in [-0.3, -0.25) is 10.2 Å². The van der Waals surface area contributed by atoms with Gasteiger partial charge < -0.3 is 20.9 Å². The first-order chi connectivity index (χ1) is 12.8. The summed E-state index contributed by atoms with van der Waals surface area (Å²) in [4.78, 5) is 12.4. The fourth-order valence-corrected chi connectivity index (χ4v) is 2.47. The smallest absolute Gasteiger partial charge is 0.255 e. The lowest BCUT2D eigenvalue weighted by atomic mass is 10.0. The first-order valence-corrected chi connectivity index (χ1v) is 8.32. The van der Waals surface area contributed by atoms with Gasteiger partial charge in [0, 0.05) is 18.3 Å². The number of nitrogens with two attached hydrogens (primary N) is 2. The molecule has 0 unspecified atom stereocenters. The van der Waals surface area contributed by atoms with Gasteiger partial charge >= 0.3 is 0 Å². The highest BCUT2D eigenvalue weighted by Crippen LogP contribution is 2.29. The number of carbonyl (C=O) groups is 1. The number of ether oxygens (including phenoxy) is 1. The summed E-state index contributed by atoms with van der Waals surface area (Å²) in [5.41, 5.74) is 8.07. The Morgan fingerprint density at radius 3 is 2.59 bits per heavy atom. The number of aliphatic hydroxyl groups is 1. The number of rotatable bonds is 7. The van der Waals surface area contributed by atoms with Crippen LogP contribution in [0, 0.1) is 5.82 Å². The van der Waals surface area contributed by atoms with Gasteiger partial charge in [0.15, 0.2) is 0 Å². The summed E-state index contributed by atoms with van der Waals surface area (Å²) in [7, 11) is 1.42. The average molecular weight is 372 g/mol. The van der Waals surface area contributed by atoms with Crippen LogP contribution in [0.2, 0.25) is 0 Å². The van der Waals surface area contributed by atoms with Gasteiger partial charge in [0.05, 0.1) is 18.8 Å². The normalized spacial score (nSPS) is 12.0. The fraction of sp³-hybridized carbons (Fsp3) is 0.200. The second-order valence-corrected chi connectivity index (χ2v) is 6.01. The Morgan fingerprint density at radius 2 is 2.00 bits per heavy atom. The quantitative estimate of drug-likeness (QED) is 0.425. The number of nitrogens with one attached hydrogen (secondary N) is 1. The molecule has 0 heterocycles. The van der Waals surface area contributed by atoms with Gasteiger partial charge in [-0.25, -0.2) is 4.39 Å². The van der Waals surface area contributed by atoms with Crippen LogP contribution in [0.15, 0.2) is 42.5 Å². The zero-order chi connectivity index (χ0) is 20.0. The van der Waals surface area contributed by atoms with E-state index in [9.17, 15) is 14.3 Å². The number of anilines is 1. The molecule has 0 radical (unpaired) electrons. The van der Waals surface area contributed by atoms with Gasteiger partial charge in [-0.1, -0.05) is 12.1 Å². The third-order valence-corrected chi connectivity index (χ3v) is 3.81. The molecule has 142 valence electrons. The number of hydrogen-bond donors (Lipinski definition) is 4. The van der Waals surface area contributed by atoms with Crippen molar-refractivity contribution in [3.05, 3.63) is 65.0 Å². The number of aliphatic hydroxyl groups excluding tert-OH is 1. The highest BCUT2D eigenvalue weighted by Gasteiger charge is 2.22. The highest BCUT2D eigenvalue weighted by atomic mass is 19.1. The van der Waals surface area contributed by atoms with E-state index in [4.69, 9.17) is 15.9 Å². The summed E-state index contributed by atoms with van der Waals surface area (Å²) < 4.78 is 18.4. The zero-order valence-electron chi connectivity index (χ0n) is 15.2. The Labute approximate surface area is 157 Å². The minimum absolute atomic E-state index is 0.103. The SMILES string of the molecule is COc1c(C(=O)NC[C@@H](C)O)ccc(N)c1C(=[NH2+])/C=C/c1ccc(F)cc1. The zero-order valence-corrected chi connectivity index (χ0v) is 15.2. The molecule has 1 amide bonds. The van der Waals surface area contributed by atoms with Crippen LogP contribution in [0.25, 0.3) is 6.08 Å². The van der Waals surface area contributed by atoms with Crippen LogP contribution < -0.4 is 21.2 Å². The summed E-state index contributed by atoms with van der Waals surface area (Å²) in [6, 6.07) is 9.01. The third-order valence-electron chi connectivity index (χ3n) is 3.81. The molecular weight excluding hydrogens is 349 g/mol. The molecule has 2 rings (SSSR count). The van der Waals surface area contributed by atoms with Crippen LogP contribution in [0.5, 0.6) is 5.75 Å². The van der Waals surface area contributed by atoms with E-state index >= 15 is 0 Å². The molecule has 0 aromatic heterocycles. The van der Waals surface area contributed by atoms with E-state index in [0.717, 1.165) is 5.56 Å². The first-order valence-electron chi connectivity index (χ1n) is 8.32. The maximum absolute atomic E-state index is 13.0. The summed E-state index contributed by atoms with van der Waals surface area (Å²) in [5, 5.41) is 18.1. The number of hydrogen-bond acceptors (Lipinski definition) is 4. The molecule has 0 spiro atoms. The van der Waals surface area contributed by atoms with Gasteiger partial charge in [0.1, 0.15) is 17.1 Å². The van der Waals surface area contributed by atoms with E-state index in [2.05, 4.69) is 5.32 Å². The van der Waals surface area contributed by atoms with Crippen molar-refractivity contribution in [1.29, 1.82) is 0 Å². The summed E-state index contributed by atoms with van der Waals surface area (Å²) in [6.07, 6.45) is 2.63. The number of methoxy groups -OCH3 is 1. The predicted octanol–water partition coefficient (Wildman–Crippen LogP) is 0.789. The van der Waals surface area contributed by atoms with Crippen LogP contribution >= 0.6 is 0 Å². The molecule has 27 heavy (non-hydrogen) atoms. The molecule has 0 aliphatic rings. The monoisotopic (exact) mass is 372 g/mol. The summed E-state index contributed by atoms with van der Waals surface area (Å²) >= 11 is 0. The van der Waals surface area contributed by atoms with Gasteiger partial charge in [0.25, 0.3) is 5.91 Å². The molecule has 2 aromatic carbocycles. The van der Waals surface area contributed by atoms with Crippen LogP contribution in [0.1, 0.15) is 28.4 Å². The largest absolute Gasteiger partial charge is 0.495 e. The molecule has 6 N–H and O–H groups in total. The van der Waals surface area contributed by atoms with Gasteiger partial charge in [-0.2, -0.15) is 0 Å². The van der Waals surface area contributed by atoms with Crippen molar-refractivity contribution in [2.75, 3.05) is 19.4 Å². The molecule has 0 aliphatic heterocycles. The van der Waals surface area contributed by atoms with Crippen molar-refractivity contribution in [3.8, 4) is 5.75 Å². The Kier molecular flexibility index (Phi) is 6.67. The van der Waals surface area contributed by atoms with Crippen molar-refractivity contribution in [2.45, 2.75) is 13.0 Å². The summed E-state index contributed by atoms with van der Waals surface area (Å²) in [5.74, 6) is -0.505. The first kappa shape index (κ1) is 20.1. The molecule has 0 saturated carbocycles. The van der Waals surface area contributed by atoms with Crippen molar-refractivity contribution < 1.29 is 24.4 Å². The Hall–Kier alpha value is -3.19. The maximum atomic E-state index is 13.0. The molecule has 0 bridgehead atoms. The van der Waals surface area contributed by atoms with Crippen LogP contribution in [-0.4, -0.2) is 36.5 Å². The Morgan fingerprint density at radius 1 is 1.33 bits per heavy atom. The van der Waals surface area contributed by atoms with Gasteiger partial charge in [-0.15, -0.1) is 0 Å². The number of carbonyl (C=O) groups excluding carboxylic acids is 1. The van der Waals surface area contributed by atoms with E-state index in [1.165, 1.54) is 25.3 Å². The predicted molar refractivity (Wildman–Crippen MR) is 103 cm³/mol. The molecule has 0 saturated heterocycles. The minimum atomic E-state index is -0.677. The van der Waals surface area contributed by atoms with E-state index in [1.54, 1.807) is 37.3 Å². The third kappa shape index (κ3) is 5.15. The Balaban J connectivity index is 2.34. The van der Waals surface area contributed by atoms with E-state index in [0.29, 0.717) is 17.0 Å². The van der Waals surface area contributed by atoms with Crippen LogP contribution in [0.3, 0.4) is 0 Å². The maximum Gasteiger partial charge on any atom is 0.255 e. The second kappa shape index (κ2) is 8.95. The lowest BCUT2D eigenvalue weighted by Gasteiger charge is -2.14. The van der Waals surface area contributed by atoms with Crippen molar-refractivity contribution >= 4 is 23.4 Å². The number of halogens is 1.